The van der Waals surface area contributed by atoms with Gasteiger partial charge in [0.25, 0.3) is 5.56 Å². The first-order valence-electron chi connectivity index (χ1n) is 9.54. The van der Waals surface area contributed by atoms with Crippen molar-refractivity contribution in [1.29, 1.82) is 0 Å². The largest absolute Gasteiger partial charge is 0.394 e. The average molecular weight is 484 g/mol. The van der Waals surface area contributed by atoms with Crippen LogP contribution in [0.1, 0.15) is 20.1 Å². The van der Waals surface area contributed by atoms with Crippen LogP contribution in [0.4, 0.5) is 4.39 Å². The lowest BCUT2D eigenvalue weighted by Crippen LogP contribution is -2.36. The molecule has 0 aliphatic carbocycles. The molecule has 2 N–H and O–H groups in total. The Labute approximate surface area is 182 Å². The van der Waals surface area contributed by atoms with E-state index in [0.29, 0.717) is 12.4 Å². The van der Waals surface area contributed by atoms with Crippen LogP contribution in [0.5, 0.6) is 0 Å². The molecule has 1 aliphatic rings. The molecule has 14 heteroatoms. The Balaban J connectivity index is 1.78. The highest BCUT2D eigenvalue weighted by atomic mass is 32.2. The van der Waals surface area contributed by atoms with Crippen LogP contribution in [0.2, 0.25) is 0 Å². The van der Waals surface area contributed by atoms with E-state index >= 15 is 0 Å². The van der Waals surface area contributed by atoms with Crippen molar-refractivity contribution in [1.82, 2.24) is 9.55 Å². The van der Waals surface area contributed by atoms with E-state index in [1.807, 2.05) is 18.8 Å². The van der Waals surface area contributed by atoms with Gasteiger partial charge in [0, 0.05) is 23.9 Å². The third kappa shape index (κ3) is 7.63. The van der Waals surface area contributed by atoms with Gasteiger partial charge >= 0.3 is 13.9 Å². The van der Waals surface area contributed by atoms with Crippen molar-refractivity contribution in [3.63, 3.8) is 0 Å². The van der Waals surface area contributed by atoms with Crippen LogP contribution in [0.25, 0.3) is 0 Å². The zero-order chi connectivity index (χ0) is 23.0. The van der Waals surface area contributed by atoms with Crippen molar-refractivity contribution in [2.24, 2.45) is 5.92 Å². The lowest BCUT2D eigenvalue weighted by Gasteiger charge is -2.18. The fourth-order valence-electron chi connectivity index (χ4n) is 2.63. The Bertz CT molecular complexity index is 864. The van der Waals surface area contributed by atoms with Crippen molar-refractivity contribution in [3.05, 3.63) is 33.1 Å². The number of rotatable bonds is 12. The summed E-state index contributed by atoms with van der Waals surface area (Å²) in [6.07, 6.45) is -5.01. The van der Waals surface area contributed by atoms with Crippen LogP contribution >= 0.6 is 20.0 Å². The summed E-state index contributed by atoms with van der Waals surface area (Å²) >= 11 is 1.17. The molecule has 0 bridgehead atoms. The molecule has 0 amide bonds. The molecule has 0 saturated carbocycles. The van der Waals surface area contributed by atoms with Gasteiger partial charge in [-0.15, -0.1) is 0 Å². The number of aliphatic hydroxyl groups is 1. The van der Waals surface area contributed by atoms with E-state index in [0.717, 1.165) is 16.8 Å². The van der Waals surface area contributed by atoms with E-state index in [4.69, 9.17) is 18.5 Å². The number of hydrogen-bond acceptors (Lipinski definition) is 10. The molecule has 0 radical (unpaired) electrons. The predicted octanol–water partition coefficient (Wildman–Crippen LogP) is 0.488. The second-order valence-corrected chi connectivity index (χ2v) is 8.95. The maximum atomic E-state index is 14.8. The van der Waals surface area contributed by atoms with Gasteiger partial charge in [-0.05, 0) is 0 Å². The number of carbonyl (C=O) groups excluding carboxylic acids is 1. The highest BCUT2D eigenvalue weighted by molar-refractivity contribution is 8.13. The number of aromatic nitrogens is 2. The van der Waals surface area contributed by atoms with Gasteiger partial charge in [-0.2, -0.15) is 0 Å². The summed E-state index contributed by atoms with van der Waals surface area (Å²) in [5.74, 6) is 0.426. The topological polar surface area (TPSA) is 146 Å². The summed E-state index contributed by atoms with van der Waals surface area (Å²) in [5.41, 5.74) is -1.56. The van der Waals surface area contributed by atoms with Crippen molar-refractivity contribution in [2.45, 2.75) is 38.5 Å². The van der Waals surface area contributed by atoms with E-state index in [9.17, 15) is 28.4 Å². The molecule has 5 atom stereocenters. The fourth-order valence-corrected chi connectivity index (χ4v) is 4.19. The number of hydrogen-bond donors (Lipinski definition) is 2. The Morgan fingerprint density at radius 3 is 2.77 bits per heavy atom. The Morgan fingerprint density at radius 2 is 2.13 bits per heavy atom. The molecular formula is C17H26FN2O9PS. The standard InChI is InChI=1S/C17H26FN2O9PS/c1-10(2)16(23)31-8-7-26-5-6-27-30(25)29-14-11(9-21)28-15(13(14)18)20-4-3-12(22)19-17(20)24/h3-4,10-11,13-15,21,30H,5-9H2,1-2H3,(H,19,22,24)/t11-,13+,14?,15-/m1/s1. The molecule has 31 heavy (non-hydrogen) atoms. The highest BCUT2D eigenvalue weighted by Gasteiger charge is 2.48. The van der Waals surface area contributed by atoms with Gasteiger partial charge in [0.1, 0.15) is 12.2 Å². The minimum absolute atomic E-state index is 0.0554. The number of carbonyl (C=O) groups is 1. The number of aliphatic hydroxyl groups excluding tert-OH is 1. The number of nitrogens with zero attached hydrogens (tertiary/aromatic N) is 1. The van der Waals surface area contributed by atoms with Crippen molar-refractivity contribution in [2.75, 3.05) is 32.2 Å². The van der Waals surface area contributed by atoms with Gasteiger partial charge in [-0.3, -0.25) is 23.7 Å². The van der Waals surface area contributed by atoms with Crippen LogP contribution in [0.15, 0.2) is 21.9 Å². The van der Waals surface area contributed by atoms with Crippen molar-refractivity contribution in [3.8, 4) is 0 Å². The van der Waals surface area contributed by atoms with Crippen molar-refractivity contribution >= 4 is 25.1 Å². The van der Waals surface area contributed by atoms with Gasteiger partial charge in [0.15, 0.2) is 17.5 Å². The van der Waals surface area contributed by atoms with Crippen LogP contribution in [0, 0.1) is 5.92 Å². The Hall–Kier alpha value is -1.34. The van der Waals surface area contributed by atoms with E-state index in [1.54, 1.807) is 0 Å². The van der Waals surface area contributed by atoms with Crippen LogP contribution in [-0.2, 0) is 27.9 Å². The third-order valence-corrected chi connectivity index (χ3v) is 6.23. The molecule has 2 unspecified atom stereocenters. The molecule has 1 saturated heterocycles. The zero-order valence-electron chi connectivity index (χ0n) is 17.0. The second-order valence-electron chi connectivity index (χ2n) is 6.83. The first-order valence-corrected chi connectivity index (χ1v) is 11.7. The van der Waals surface area contributed by atoms with Gasteiger partial charge in [-0.1, -0.05) is 25.6 Å². The number of ether oxygens (including phenoxy) is 2. The minimum atomic E-state index is -3.15. The molecule has 0 spiro atoms. The average Bonchev–Trinajstić information content (AvgIpc) is 3.02. The number of nitrogens with one attached hydrogen (secondary N) is 1. The number of halogens is 1. The quantitative estimate of drug-likeness (QED) is 0.317. The highest BCUT2D eigenvalue weighted by Crippen LogP contribution is 2.38. The minimum Gasteiger partial charge on any atom is -0.394 e. The first-order chi connectivity index (χ1) is 14.7. The summed E-state index contributed by atoms with van der Waals surface area (Å²) < 4.78 is 48.3. The Morgan fingerprint density at radius 1 is 1.39 bits per heavy atom. The van der Waals surface area contributed by atoms with E-state index < -0.39 is 50.7 Å². The summed E-state index contributed by atoms with van der Waals surface area (Å²) in [7, 11) is -3.15. The van der Waals surface area contributed by atoms with Crippen molar-refractivity contribution < 1.29 is 37.4 Å². The molecular weight excluding hydrogens is 458 g/mol. The van der Waals surface area contributed by atoms with E-state index in [2.05, 4.69) is 0 Å². The van der Waals surface area contributed by atoms with Crippen LogP contribution in [-0.4, -0.2) is 70.3 Å². The smallest absolute Gasteiger partial charge is 0.330 e. The summed E-state index contributed by atoms with van der Waals surface area (Å²) in [4.78, 5) is 36.4. The van der Waals surface area contributed by atoms with Gasteiger partial charge in [0.05, 0.1) is 26.4 Å². The SMILES string of the molecule is CC(C)C(=O)SCCOCCO[PH](=O)OC1[C@@H](CO)O[C@@H](n2ccc(=O)[nH]c2=O)[C@H]1F. The maximum Gasteiger partial charge on any atom is 0.330 e. The van der Waals surface area contributed by atoms with Crippen LogP contribution < -0.4 is 11.2 Å². The molecule has 11 nitrogen and oxygen atoms in total. The summed E-state index contributed by atoms with van der Waals surface area (Å²) in [5, 5.41) is 9.49. The number of thioether (sulfide) groups is 1. The monoisotopic (exact) mass is 484 g/mol. The maximum absolute atomic E-state index is 14.8. The Kier molecular flexibility index (Phi) is 10.6. The summed E-state index contributed by atoms with van der Waals surface area (Å²) in [6, 6.07) is 1.02. The number of alkyl halides is 1. The number of aromatic amines is 1. The zero-order valence-corrected chi connectivity index (χ0v) is 18.8. The molecule has 176 valence electrons. The van der Waals surface area contributed by atoms with E-state index in [1.165, 1.54) is 11.8 Å². The lowest BCUT2D eigenvalue weighted by atomic mass is 10.1. The van der Waals surface area contributed by atoms with Gasteiger partial charge in [0.2, 0.25) is 0 Å². The molecule has 1 aromatic rings. The lowest BCUT2D eigenvalue weighted by molar-refractivity contribution is -0.113. The molecule has 2 heterocycles. The number of H-pyrrole nitrogens is 1. The second kappa shape index (κ2) is 12.6. The molecule has 1 fully saturated rings. The van der Waals surface area contributed by atoms with E-state index in [-0.39, 0.29) is 24.2 Å². The third-order valence-electron chi connectivity index (χ3n) is 4.20. The van der Waals surface area contributed by atoms with Gasteiger partial charge < -0.3 is 23.6 Å². The molecule has 2 rings (SSSR count). The fraction of sp³-hybridized carbons (Fsp3) is 0.706. The summed E-state index contributed by atoms with van der Waals surface area (Å²) in [6.45, 7) is 3.28. The molecule has 1 aliphatic heterocycles. The normalized spacial score (nSPS) is 24.5. The first kappa shape index (κ1) is 25.9. The van der Waals surface area contributed by atoms with Gasteiger partial charge in [-0.25, -0.2) is 9.18 Å². The van der Waals surface area contributed by atoms with Crippen LogP contribution in [0.3, 0.4) is 0 Å². The molecule has 0 aromatic carbocycles. The predicted molar refractivity (Wildman–Crippen MR) is 110 cm³/mol. The molecule has 1 aromatic heterocycles.